The van der Waals surface area contributed by atoms with Crippen molar-refractivity contribution in [2.45, 2.75) is 71.6 Å². The van der Waals surface area contributed by atoms with Gasteiger partial charge in [0.05, 0.1) is 36.3 Å². The van der Waals surface area contributed by atoms with E-state index >= 15 is 0 Å². The van der Waals surface area contributed by atoms with Gasteiger partial charge in [-0.15, -0.1) is 0 Å². The van der Waals surface area contributed by atoms with E-state index in [4.69, 9.17) is 14.3 Å². The highest BCUT2D eigenvalue weighted by molar-refractivity contribution is 7.79. The van der Waals surface area contributed by atoms with Crippen LogP contribution in [-0.4, -0.2) is 62.1 Å². The van der Waals surface area contributed by atoms with Crippen LogP contribution in [0.25, 0.3) is 0 Å². The Bertz CT molecular complexity index is 932. The Labute approximate surface area is 186 Å². The summed E-state index contributed by atoms with van der Waals surface area (Å²) in [5, 5.41) is 0. The summed E-state index contributed by atoms with van der Waals surface area (Å²) in [6, 6.07) is 0.502. The van der Waals surface area contributed by atoms with Crippen LogP contribution >= 0.6 is 0 Å². The van der Waals surface area contributed by atoms with Gasteiger partial charge in [0, 0.05) is 25.0 Å². The summed E-state index contributed by atoms with van der Waals surface area (Å²) in [5.41, 5.74) is 4.14. The molecule has 7 nitrogen and oxygen atoms in total. The van der Waals surface area contributed by atoms with Crippen LogP contribution in [0.2, 0.25) is 0 Å². The van der Waals surface area contributed by atoms with Crippen molar-refractivity contribution in [3.05, 3.63) is 22.4 Å². The molecule has 5 rings (SSSR count). The van der Waals surface area contributed by atoms with E-state index in [0.29, 0.717) is 43.0 Å². The Hall–Kier alpha value is -1.51. The molecule has 2 aliphatic carbocycles. The molecule has 2 saturated carbocycles. The number of fused-ring (bicyclic) bond motifs is 2. The van der Waals surface area contributed by atoms with Gasteiger partial charge < -0.3 is 19.1 Å². The Morgan fingerprint density at radius 1 is 1.29 bits per heavy atom. The van der Waals surface area contributed by atoms with E-state index in [1.165, 1.54) is 19.3 Å². The summed E-state index contributed by atoms with van der Waals surface area (Å²) in [7, 11) is 0. The number of hydrogen-bond donors (Lipinski definition) is 1. The second-order valence-electron chi connectivity index (χ2n) is 10.2. The summed E-state index contributed by atoms with van der Waals surface area (Å²) in [6.45, 7) is 9.26. The number of aromatic nitrogens is 1. The molecular formula is C23H33N3O4S. The molecule has 1 aromatic heterocycles. The lowest BCUT2D eigenvalue weighted by Crippen LogP contribution is -2.40. The molecule has 0 radical (unpaired) electrons. The number of anilines is 1. The zero-order chi connectivity index (χ0) is 21.9. The zero-order valence-electron chi connectivity index (χ0n) is 18.7. The van der Waals surface area contributed by atoms with Crippen LogP contribution in [0.4, 0.5) is 5.82 Å². The van der Waals surface area contributed by atoms with Crippen molar-refractivity contribution in [2.75, 3.05) is 30.3 Å². The quantitative estimate of drug-likeness (QED) is 0.617. The van der Waals surface area contributed by atoms with E-state index in [1.54, 1.807) is 4.90 Å². The Morgan fingerprint density at radius 2 is 2.06 bits per heavy atom. The minimum absolute atomic E-state index is 0.00310. The van der Waals surface area contributed by atoms with Gasteiger partial charge in [-0.1, -0.05) is 6.92 Å². The Morgan fingerprint density at radius 3 is 2.77 bits per heavy atom. The predicted molar refractivity (Wildman–Crippen MR) is 120 cm³/mol. The predicted octanol–water partition coefficient (Wildman–Crippen LogP) is 3.05. The third kappa shape index (κ3) is 4.02. The monoisotopic (exact) mass is 447 g/mol. The fourth-order valence-electron chi connectivity index (χ4n) is 5.23. The number of carbonyl (C=O) groups excluding carboxylic acids is 1. The number of rotatable bonds is 8. The highest BCUT2D eigenvalue weighted by Gasteiger charge is 2.52. The van der Waals surface area contributed by atoms with Gasteiger partial charge in [-0.3, -0.25) is 4.79 Å². The van der Waals surface area contributed by atoms with Crippen molar-refractivity contribution in [1.29, 1.82) is 0 Å². The first-order valence-corrected chi connectivity index (χ1v) is 12.8. The van der Waals surface area contributed by atoms with Gasteiger partial charge in [0.1, 0.15) is 5.82 Å². The topological polar surface area (TPSA) is 83.0 Å². The van der Waals surface area contributed by atoms with E-state index in [-0.39, 0.29) is 11.7 Å². The minimum atomic E-state index is -1.82. The van der Waals surface area contributed by atoms with Crippen LogP contribution in [0.3, 0.4) is 0 Å². The normalized spacial score (nSPS) is 29.0. The summed E-state index contributed by atoms with van der Waals surface area (Å²) in [5.74, 6) is 1.82. The van der Waals surface area contributed by atoms with Crippen molar-refractivity contribution in [3.8, 4) is 0 Å². The second kappa shape index (κ2) is 7.81. The van der Waals surface area contributed by atoms with Crippen molar-refractivity contribution in [2.24, 2.45) is 11.3 Å². The maximum Gasteiger partial charge on any atom is 0.256 e. The van der Waals surface area contributed by atoms with Gasteiger partial charge in [0.2, 0.25) is 0 Å². The van der Waals surface area contributed by atoms with Crippen LogP contribution in [0.15, 0.2) is 0 Å². The van der Waals surface area contributed by atoms with Gasteiger partial charge in [0.15, 0.2) is 11.1 Å². The van der Waals surface area contributed by atoms with E-state index in [1.807, 2.05) is 6.92 Å². The molecule has 4 aliphatic rings. The first-order chi connectivity index (χ1) is 14.8. The first-order valence-electron chi connectivity index (χ1n) is 11.5. The van der Waals surface area contributed by atoms with Crippen LogP contribution in [0.5, 0.6) is 0 Å². The number of carbonyl (C=O) groups is 1. The third-order valence-corrected chi connectivity index (χ3v) is 8.39. The summed E-state index contributed by atoms with van der Waals surface area (Å²) < 4.78 is 26.2. The zero-order valence-corrected chi connectivity index (χ0v) is 19.5. The standard InChI is InChI=1S/C23H33N3O4S/c1-14-15(2)21(24-17-12-25(22(27)20(14)17)8-4-10-31(28)29)26-9-5-19(16-11-18(16)26)30-13-23(3)6-7-23/h16,18-19H,4-13H2,1-3H3,(H,28,29). The summed E-state index contributed by atoms with van der Waals surface area (Å²) in [6.07, 6.45) is 5.70. The molecule has 3 heterocycles. The summed E-state index contributed by atoms with van der Waals surface area (Å²) in [4.78, 5) is 22.1. The van der Waals surface area contributed by atoms with Gasteiger partial charge in [-0.2, -0.15) is 0 Å². The lowest BCUT2D eigenvalue weighted by Gasteiger charge is -2.34. The fraction of sp³-hybridized carbons (Fsp3) is 0.739. The highest BCUT2D eigenvalue weighted by Crippen LogP contribution is 2.50. The van der Waals surface area contributed by atoms with E-state index in [0.717, 1.165) is 47.8 Å². The number of hydrogen-bond acceptors (Lipinski definition) is 5. The molecule has 31 heavy (non-hydrogen) atoms. The number of amides is 1. The second-order valence-corrected chi connectivity index (χ2v) is 11.3. The van der Waals surface area contributed by atoms with Crippen LogP contribution in [0.1, 0.15) is 66.2 Å². The molecule has 0 aromatic carbocycles. The molecule has 1 amide bonds. The molecule has 4 unspecified atom stereocenters. The minimum Gasteiger partial charge on any atom is -0.377 e. The molecule has 3 fully saturated rings. The van der Waals surface area contributed by atoms with Crippen molar-refractivity contribution in [3.63, 3.8) is 0 Å². The van der Waals surface area contributed by atoms with Gasteiger partial charge in [-0.25, -0.2) is 9.19 Å². The third-order valence-electron chi connectivity index (χ3n) is 7.75. The SMILES string of the molecule is Cc1c(N2CCC(OCC3(C)CC3)C3CC32)nc2c(c1C)C(=O)N(CCCS(=O)O)C2. The summed E-state index contributed by atoms with van der Waals surface area (Å²) >= 11 is -1.82. The maximum atomic E-state index is 12.9. The van der Waals surface area contributed by atoms with Crippen molar-refractivity contribution in [1.82, 2.24) is 9.88 Å². The number of piperidine rings is 1. The molecule has 1 aromatic rings. The largest absolute Gasteiger partial charge is 0.377 e. The molecule has 0 spiro atoms. The number of pyridine rings is 1. The number of nitrogens with zero attached hydrogens (tertiary/aromatic N) is 3. The van der Waals surface area contributed by atoms with Gasteiger partial charge >= 0.3 is 0 Å². The molecule has 1 saturated heterocycles. The molecule has 2 aliphatic heterocycles. The van der Waals surface area contributed by atoms with Crippen molar-refractivity contribution < 1.29 is 18.3 Å². The van der Waals surface area contributed by atoms with Crippen LogP contribution in [0, 0.1) is 25.2 Å². The average Bonchev–Trinajstić information content (AvgIpc) is 3.63. The van der Waals surface area contributed by atoms with Gasteiger partial charge in [0.25, 0.3) is 5.91 Å². The molecule has 8 heteroatoms. The molecule has 4 atom stereocenters. The lowest BCUT2D eigenvalue weighted by molar-refractivity contribution is 0.00311. The maximum absolute atomic E-state index is 12.9. The molecule has 0 bridgehead atoms. The van der Waals surface area contributed by atoms with E-state index in [9.17, 15) is 9.00 Å². The molecular weight excluding hydrogens is 414 g/mol. The van der Waals surface area contributed by atoms with E-state index in [2.05, 4.69) is 18.7 Å². The van der Waals surface area contributed by atoms with Crippen molar-refractivity contribution >= 4 is 22.8 Å². The number of ether oxygens (including phenoxy) is 1. The smallest absolute Gasteiger partial charge is 0.256 e. The average molecular weight is 448 g/mol. The molecule has 170 valence electrons. The van der Waals surface area contributed by atoms with Crippen LogP contribution < -0.4 is 4.90 Å². The lowest BCUT2D eigenvalue weighted by atomic mass is 10.0. The van der Waals surface area contributed by atoms with Crippen LogP contribution in [-0.2, 0) is 22.4 Å². The molecule has 1 N–H and O–H groups in total. The van der Waals surface area contributed by atoms with Gasteiger partial charge in [-0.05, 0) is 62.5 Å². The highest BCUT2D eigenvalue weighted by atomic mass is 32.2. The van der Waals surface area contributed by atoms with E-state index < -0.39 is 11.1 Å². The first kappa shape index (κ1) is 21.3. The fourth-order valence-corrected chi connectivity index (χ4v) is 5.60. The Balaban J connectivity index is 1.29. The Kier molecular flexibility index (Phi) is 5.38.